The van der Waals surface area contributed by atoms with Crippen LogP contribution in [0, 0.1) is 11.3 Å². The highest BCUT2D eigenvalue weighted by molar-refractivity contribution is 5.76. The van der Waals surface area contributed by atoms with Crippen LogP contribution in [0.15, 0.2) is 11.6 Å². The Kier molecular flexibility index (Phi) is 8.87. The topological polar surface area (TPSA) is 46.5 Å². The van der Waals surface area contributed by atoms with E-state index in [1.807, 2.05) is 0 Å². The second-order valence-electron chi connectivity index (χ2n) is 7.87. The number of hydrogen-bond donors (Lipinski definition) is 1. The summed E-state index contributed by atoms with van der Waals surface area (Å²) in [6.45, 7) is 7.04. The highest BCUT2D eigenvalue weighted by Crippen LogP contribution is 2.55. The molecule has 32 heavy (non-hydrogen) atoms. The van der Waals surface area contributed by atoms with Gasteiger partial charge in [0.1, 0.15) is 0 Å². The molecule has 0 aromatic rings. The average Bonchev–Trinajstić information content (AvgIpc) is 2.59. The van der Waals surface area contributed by atoms with Gasteiger partial charge in [0, 0.05) is 0 Å². The number of carbonyl (C=O) groups excluding carboxylic acids is 1. The molecule has 0 rings (SSSR count). The van der Waals surface area contributed by atoms with Crippen molar-refractivity contribution in [2.45, 2.75) is 83.6 Å². The number of halogens is 11. The molecular formula is C18H23F11O3. The summed E-state index contributed by atoms with van der Waals surface area (Å²) in [5, 5.41) is 8.88. The molecule has 0 aliphatic carbocycles. The second kappa shape index (κ2) is 9.34. The van der Waals surface area contributed by atoms with Crippen LogP contribution in [-0.2, 0) is 9.53 Å². The molecule has 0 heterocycles. The van der Waals surface area contributed by atoms with Crippen LogP contribution >= 0.6 is 0 Å². The first-order valence-electron chi connectivity index (χ1n) is 9.09. The molecule has 1 N–H and O–H groups in total. The SMILES string of the molecule is CC/C(C)=C\C(C(=O)OC(C(F)(F)F)C(F)(F)C(O)(C(F)(F)F)C(F)(F)F)C(C)(C)CC. The van der Waals surface area contributed by atoms with Crippen molar-refractivity contribution in [3.8, 4) is 0 Å². The summed E-state index contributed by atoms with van der Waals surface area (Å²) in [6.07, 6.45) is -25.1. The van der Waals surface area contributed by atoms with Gasteiger partial charge in [0.15, 0.2) is 0 Å². The zero-order valence-corrected chi connectivity index (χ0v) is 17.6. The fourth-order valence-electron chi connectivity index (χ4n) is 2.50. The number of esters is 1. The molecule has 0 spiro atoms. The van der Waals surface area contributed by atoms with Crippen LogP contribution in [0.2, 0.25) is 0 Å². The zero-order valence-electron chi connectivity index (χ0n) is 17.6. The highest BCUT2D eigenvalue weighted by atomic mass is 19.4. The largest absolute Gasteiger partial charge is 0.445 e. The Labute approximate surface area is 176 Å². The monoisotopic (exact) mass is 496 g/mol. The summed E-state index contributed by atoms with van der Waals surface area (Å²) in [4.78, 5) is 12.4. The van der Waals surface area contributed by atoms with Crippen LogP contribution in [0.3, 0.4) is 0 Å². The number of aliphatic hydroxyl groups is 1. The van der Waals surface area contributed by atoms with E-state index in [-0.39, 0.29) is 12.8 Å². The van der Waals surface area contributed by atoms with Crippen molar-refractivity contribution in [3.05, 3.63) is 11.6 Å². The Morgan fingerprint density at radius 1 is 0.906 bits per heavy atom. The van der Waals surface area contributed by atoms with Gasteiger partial charge in [-0.1, -0.05) is 39.3 Å². The van der Waals surface area contributed by atoms with Gasteiger partial charge in [0.2, 0.25) is 0 Å². The predicted molar refractivity (Wildman–Crippen MR) is 89.6 cm³/mol. The average molecular weight is 496 g/mol. The van der Waals surface area contributed by atoms with Crippen molar-refractivity contribution in [2.75, 3.05) is 0 Å². The molecule has 0 aliphatic heterocycles. The number of rotatable bonds is 8. The quantitative estimate of drug-likeness (QED) is 0.242. The molecule has 0 bridgehead atoms. The van der Waals surface area contributed by atoms with E-state index in [0.29, 0.717) is 5.57 Å². The molecule has 0 saturated carbocycles. The van der Waals surface area contributed by atoms with Gasteiger partial charge in [-0.2, -0.15) is 48.3 Å². The second-order valence-corrected chi connectivity index (χ2v) is 7.87. The fourth-order valence-corrected chi connectivity index (χ4v) is 2.50. The van der Waals surface area contributed by atoms with E-state index >= 15 is 0 Å². The van der Waals surface area contributed by atoms with Gasteiger partial charge in [-0.25, -0.2) is 0 Å². The molecule has 0 radical (unpaired) electrons. The van der Waals surface area contributed by atoms with Crippen LogP contribution in [-0.4, -0.2) is 47.2 Å². The standard InChI is InChI=1S/C18H23F11O3/c1-6-9(3)8-10(13(4,5)7-2)11(30)32-12(15(21,22)23)14(19,20)16(31,17(24,25)26)18(27,28)29/h8,10,12,31H,6-7H2,1-5H3/b9-8-. The van der Waals surface area contributed by atoms with E-state index in [0.717, 1.165) is 6.08 Å². The van der Waals surface area contributed by atoms with Crippen LogP contribution in [0.1, 0.15) is 47.5 Å². The molecule has 14 heteroatoms. The lowest BCUT2D eigenvalue weighted by atomic mass is 9.75. The van der Waals surface area contributed by atoms with Gasteiger partial charge in [-0.3, -0.25) is 4.79 Å². The Morgan fingerprint density at radius 3 is 1.59 bits per heavy atom. The molecule has 2 unspecified atom stereocenters. The predicted octanol–water partition coefficient (Wildman–Crippen LogP) is 6.36. The third-order valence-corrected chi connectivity index (χ3v) is 5.18. The van der Waals surface area contributed by atoms with E-state index in [4.69, 9.17) is 5.11 Å². The lowest BCUT2D eigenvalue weighted by molar-refractivity contribution is -0.445. The summed E-state index contributed by atoms with van der Waals surface area (Å²) in [6, 6.07) is 0. The maximum absolute atomic E-state index is 14.3. The van der Waals surface area contributed by atoms with Crippen molar-refractivity contribution >= 4 is 5.97 Å². The maximum Gasteiger partial charge on any atom is 0.432 e. The number of hydrogen-bond acceptors (Lipinski definition) is 3. The van der Waals surface area contributed by atoms with Crippen molar-refractivity contribution in [3.63, 3.8) is 0 Å². The number of carbonyl (C=O) groups is 1. The molecule has 0 fully saturated rings. The number of alkyl halides is 11. The molecule has 190 valence electrons. The molecule has 0 aromatic carbocycles. The minimum absolute atomic E-state index is 0.0440. The Balaban J connectivity index is 6.72. The normalized spacial score (nSPS) is 17.2. The molecule has 3 nitrogen and oxygen atoms in total. The summed E-state index contributed by atoms with van der Waals surface area (Å²) in [5.74, 6) is -10.9. The smallest absolute Gasteiger partial charge is 0.432 e. The Hall–Kier alpha value is -1.60. The first-order valence-corrected chi connectivity index (χ1v) is 9.09. The molecular weight excluding hydrogens is 473 g/mol. The van der Waals surface area contributed by atoms with Crippen LogP contribution in [0.4, 0.5) is 48.3 Å². The number of allylic oxidation sites excluding steroid dienone is 1. The van der Waals surface area contributed by atoms with Gasteiger partial charge in [0.25, 0.3) is 6.10 Å². The number of ether oxygens (including phenoxy) is 1. The van der Waals surface area contributed by atoms with Crippen LogP contribution in [0.25, 0.3) is 0 Å². The van der Waals surface area contributed by atoms with Crippen molar-refractivity contribution < 1.29 is 62.9 Å². The molecule has 0 saturated heterocycles. The molecule has 0 amide bonds. The van der Waals surface area contributed by atoms with Gasteiger partial charge in [-0.05, 0) is 25.2 Å². The van der Waals surface area contributed by atoms with Gasteiger partial charge in [-0.15, -0.1) is 0 Å². The fraction of sp³-hybridized carbons (Fsp3) is 0.833. The van der Waals surface area contributed by atoms with E-state index in [1.165, 1.54) is 27.7 Å². The third kappa shape index (κ3) is 5.84. The highest BCUT2D eigenvalue weighted by Gasteiger charge is 2.87. The van der Waals surface area contributed by atoms with Crippen molar-refractivity contribution in [1.82, 2.24) is 0 Å². The zero-order chi connectivity index (χ0) is 26.1. The Bertz CT molecular complexity index is 674. The summed E-state index contributed by atoms with van der Waals surface area (Å²) < 4.78 is 149. The summed E-state index contributed by atoms with van der Waals surface area (Å²) in [5.41, 5.74) is -8.06. The maximum atomic E-state index is 14.3. The molecule has 0 aromatic heterocycles. The minimum Gasteiger partial charge on any atom is -0.445 e. The van der Waals surface area contributed by atoms with Gasteiger partial charge >= 0.3 is 36.0 Å². The lowest BCUT2D eigenvalue weighted by Crippen LogP contribution is -2.73. The van der Waals surface area contributed by atoms with Crippen molar-refractivity contribution in [2.24, 2.45) is 11.3 Å². The Morgan fingerprint density at radius 2 is 1.31 bits per heavy atom. The first-order chi connectivity index (χ1) is 13.9. The molecule has 0 aliphatic rings. The summed E-state index contributed by atoms with van der Waals surface area (Å²) in [7, 11) is 0. The van der Waals surface area contributed by atoms with E-state index in [2.05, 4.69) is 4.74 Å². The van der Waals surface area contributed by atoms with Crippen LogP contribution in [0.5, 0.6) is 0 Å². The van der Waals surface area contributed by atoms with Gasteiger partial charge < -0.3 is 9.84 Å². The van der Waals surface area contributed by atoms with E-state index in [9.17, 15) is 53.1 Å². The van der Waals surface area contributed by atoms with Crippen molar-refractivity contribution in [1.29, 1.82) is 0 Å². The van der Waals surface area contributed by atoms with E-state index in [1.54, 1.807) is 6.92 Å². The minimum atomic E-state index is -7.30. The van der Waals surface area contributed by atoms with Gasteiger partial charge in [0.05, 0.1) is 5.92 Å². The lowest BCUT2D eigenvalue weighted by Gasteiger charge is -2.42. The van der Waals surface area contributed by atoms with Crippen LogP contribution < -0.4 is 0 Å². The molecule has 2 atom stereocenters. The summed E-state index contributed by atoms with van der Waals surface area (Å²) >= 11 is 0. The third-order valence-electron chi connectivity index (χ3n) is 5.18. The van der Waals surface area contributed by atoms with E-state index < -0.39 is 53.5 Å². The first kappa shape index (κ1) is 30.4.